The maximum atomic E-state index is 13.7. The number of ketones is 1. The Balaban J connectivity index is 0.00000384. The average Bonchev–Trinajstić information content (AvgIpc) is 3.72. The minimum atomic E-state index is -0.508. The minimum Gasteiger partial charge on any atom is -0.382 e. The highest BCUT2D eigenvalue weighted by Crippen LogP contribution is 2.33. The fourth-order valence-electron chi connectivity index (χ4n) is 6.16. The Kier molecular flexibility index (Phi) is 9.59. The van der Waals surface area contributed by atoms with Crippen molar-refractivity contribution < 1.29 is 9.59 Å². The highest BCUT2D eigenvalue weighted by Gasteiger charge is 2.30. The number of nitrogens with zero attached hydrogens (tertiary/aromatic N) is 4. The number of Topliss-reactive ketones (excluding diaryl/α,β-unsaturated/α-hetero) is 1. The molecule has 0 bridgehead atoms. The summed E-state index contributed by atoms with van der Waals surface area (Å²) in [6, 6.07) is 21.4. The van der Waals surface area contributed by atoms with Gasteiger partial charge >= 0.3 is 0 Å². The highest BCUT2D eigenvalue weighted by molar-refractivity contribution is 6.02. The summed E-state index contributed by atoms with van der Waals surface area (Å²) in [6.07, 6.45) is 4.27. The number of fused-ring (bicyclic) bond motifs is 1. The number of azo groups is 1. The number of carbonyl (C=O) groups is 2. The van der Waals surface area contributed by atoms with Crippen LogP contribution in [0.3, 0.4) is 0 Å². The highest BCUT2D eigenvalue weighted by atomic mass is 16.2. The van der Waals surface area contributed by atoms with Gasteiger partial charge in [0.1, 0.15) is 5.78 Å². The summed E-state index contributed by atoms with van der Waals surface area (Å²) in [5.41, 5.74) is 17.3. The lowest BCUT2D eigenvalue weighted by molar-refractivity contribution is -0.129. The van der Waals surface area contributed by atoms with Crippen LogP contribution < -0.4 is 16.8 Å². The molecule has 1 aliphatic carbocycles. The number of H-pyrrole nitrogens is 1. The van der Waals surface area contributed by atoms with Crippen LogP contribution in [-0.2, 0) is 16.0 Å². The number of nitrogens with one attached hydrogen (secondary N) is 2. The van der Waals surface area contributed by atoms with Gasteiger partial charge in [-0.1, -0.05) is 43.8 Å². The number of hydrogen-bond donors (Lipinski definition) is 4. The van der Waals surface area contributed by atoms with E-state index in [1.54, 1.807) is 0 Å². The van der Waals surface area contributed by atoms with Gasteiger partial charge in [-0.2, -0.15) is 10.2 Å². The fourth-order valence-corrected chi connectivity index (χ4v) is 6.16. The first-order valence-corrected chi connectivity index (χ1v) is 14.9. The molecule has 1 aromatic heterocycles. The number of aromatic amines is 1. The van der Waals surface area contributed by atoms with Crippen LogP contribution in [0.15, 0.2) is 82.0 Å². The van der Waals surface area contributed by atoms with Gasteiger partial charge in [-0.3, -0.25) is 14.7 Å². The Labute approximate surface area is 257 Å². The number of aliphatic imine (C=N–C) groups is 1. The Hall–Kier alpha value is -4.70. The second-order valence-electron chi connectivity index (χ2n) is 11.5. The Bertz CT molecular complexity index is 1670. The summed E-state index contributed by atoms with van der Waals surface area (Å²) in [5, 5.41) is 19.0. The molecule has 1 fully saturated rings. The summed E-state index contributed by atoms with van der Waals surface area (Å²) in [5.74, 6) is 1.00. The number of rotatable bonds is 10. The average molecular weight is 593 g/mol. The molecular weight excluding hydrogens is 552 g/mol. The van der Waals surface area contributed by atoms with E-state index in [2.05, 4.69) is 30.7 Å². The molecule has 3 aromatic carbocycles. The van der Waals surface area contributed by atoms with E-state index in [4.69, 9.17) is 11.5 Å². The molecule has 4 aromatic rings. The van der Waals surface area contributed by atoms with Gasteiger partial charge in [-0.05, 0) is 91.6 Å². The minimum absolute atomic E-state index is 0. The van der Waals surface area contributed by atoms with Gasteiger partial charge in [0.2, 0.25) is 5.91 Å². The number of aromatic nitrogens is 2. The van der Waals surface area contributed by atoms with E-state index >= 15 is 0 Å². The smallest absolute Gasteiger partial charge is 0.228 e. The zero-order valence-corrected chi connectivity index (χ0v) is 24.0. The lowest BCUT2D eigenvalue weighted by atomic mass is 9.77. The van der Waals surface area contributed by atoms with Crippen molar-refractivity contribution in [2.75, 3.05) is 24.3 Å². The lowest BCUT2D eigenvalue weighted by Gasteiger charge is -2.27. The summed E-state index contributed by atoms with van der Waals surface area (Å²) >= 11 is 0. The van der Waals surface area contributed by atoms with Crippen LogP contribution in [-0.4, -0.2) is 40.9 Å². The van der Waals surface area contributed by atoms with Crippen molar-refractivity contribution in [3.8, 4) is 11.1 Å². The monoisotopic (exact) mass is 592 g/mol. The molecule has 0 radical (unpaired) electrons. The predicted molar refractivity (Wildman–Crippen MR) is 175 cm³/mol. The molecule has 0 saturated heterocycles. The first kappa shape index (κ1) is 30.7. The zero-order valence-electron chi connectivity index (χ0n) is 24.0. The molecule has 0 unspecified atom stereocenters. The normalized spacial score (nSPS) is 18.4. The summed E-state index contributed by atoms with van der Waals surface area (Å²) < 4.78 is 0. The van der Waals surface area contributed by atoms with Crippen LogP contribution in [0.4, 0.5) is 11.5 Å². The van der Waals surface area contributed by atoms with Crippen molar-refractivity contribution in [1.82, 2.24) is 10.2 Å². The second kappa shape index (κ2) is 13.7. The number of hydrogen-bond acceptors (Lipinski definition) is 8. The standard InChI is InChI=1S/C33H36N8O2.CH4/c34-18-21-6-10-23(11-7-21)29(42)17-25(33(43)38-26-14-12-24(13-15-26)32-36-19-37-41-32)16-20-4-8-22(9-5-20)27-2-1-3-28-30(27)31(35)40-39-28;/h1-5,8-9,12-15,21,23,25H,6-7,10-11,16-19,34H2,(H,38,43)(H3,35,39,40);1H4/t21?,23?,25-;/m1./s1. The van der Waals surface area contributed by atoms with Gasteiger partial charge in [0.25, 0.3) is 0 Å². The van der Waals surface area contributed by atoms with Crippen molar-refractivity contribution in [3.05, 3.63) is 77.9 Å². The molecule has 44 heavy (non-hydrogen) atoms. The molecule has 0 spiro atoms. The quantitative estimate of drug-likeness (QED) is 0.173. The van der Waals surface area contributed by atoms with Gasteiger partial charge < -0.3 is 16.8 Å². The molecule has 10 heteroatoms. The van der Waals surface area contributed by atoms with Crippen molar-refractivity contribution in [2.45, 2.75) is 46.0 Å². The molecule has 2 heterocycles. The van der Waals surface area contributed by atoms with E-state index in [-0.39, 0.29) is 31.5 Å². The van der Waals surface area contributed by atoms with Crippen LogP contribution in [0.2, 0.25) is 0 Å². The van der Waals surface area contributed by atoms with E-state index < -0.39 is 5.92 Å². The van der Waals surface area contributed by atoms with E-state index in [0.717, 1.165) is 58.8 Å². The maximum absolute atomic E-state index is 13.7. The van der Waals surface area contributed by atoms with Crippen molar-refractivity contribution in [2.24, 2.45) is 38.7 Å². The Morgan fingerprint density at radius 1 is 0.955 bits per heavy atom. The number of anilines is 2. The molecule has 6 N–H and O–H groups in total. The second-order valence-corrected chi connectivity index (χ2v) is 11.5. The molecule has 228 valence electrons. The van der Waals surface area contributed by atoms with Crippen molar-refractivity contribution in [1.29, 1.82) is 0 Å². The topological polar surface area (TPSA) is 164 Å². The number of nitrogen functional groups attached to an aromatic ring is 1. The van der Waals surface area contributed by atoms with Crippen LogP contribution >= 0.6 is 0 Å². The molecule has 2 aliphatic rings. The molecule has 10 nitrogen and oxygen atoms in total. The summed E-state index contributed by atoms with van der Waals surface area (Å²) in [6.45, 7) is 1.00. The van der Waals surface area contributed by atoms with Crippen LogP contribution in [0.1, 0.15) is 50.7 Å². The number of amidine groups is 1. The van der Waals surface area contributed by atoms with Crippen LogP contribution in [0, 0.1) is 17.8 Å². The first-order chi connectivity index (χ1) is 21.0. The van der Waals surface area contributed by atoms with Gasteiger partial charge in [0.05, 0.1) is 10.9 Å². The number of carbonyl (C=O) groups excluding carboxylic acids is 2. The molecule has 1 amide bonds. The molecular formula is C34H40N8O2. The first-order valence-electron chi connectivity index (χ1n) is 14.9. The molecule has 1 saturated carbocycles. The summed E-state index contributed by atoms with van der Waals surface area (Å²) in [7, 11) is 0. The summed E-state index contributed by atoms with van der Waals surface area (Å²) in [4.78, 5) is 31.3. The third-order valence-corrected chi connectivity index (χ3v) is 8.68. The number of amides is 1. The molecule has 1 atom stereocenters. The van der Waals surface area contributed by atoms with Crippen molar-refractivity contribution in [3.63, 3.8) is 0 Å². The largest absolute Gasteiger partial charge is 0.382 e. The van der Waals surface area contributed by atoms with E-state index in [0.29, 0.717) is 42.9 Å². The third kappa shape index (κ3) is 6.75. The zero-order chi connectivity index (χ0) is 29.8. The third-order valence-electron chi connectivity index (χ3n) is 8.68. The van der Waals surface area contributed by atoms with E-state index in [9.17, 15) is 9.59 Å². The van der Waals surface area contributed by atoms with Crippen molar-refractivity contribution >= 4 is 39.9 Å². The Morgan fingerprint density at radius 3 is 2.36 bits per heavy atom. The predicted octanol–water partition coefficient (Wildman–Crippen LogP) is 6.14. The van der Waals surface area contributed by atoms with E-state index in [1.807, 2.05) is 66.7 Å². The van der Waals surface area contributed by atoms with E-state index in [1.165, 1.54) is 0 Å². The molecule has 6 rings (SSSR count). The van der Waals surface area contributed by atoms with Gasteiger partial charge in [0.15, 0.2) is 18.3 Å². The van der Waals surface area contributed by atoms with Gasteiger partial charge in [-0.25, -0.2) is 4.99 Å². The van der Waals surface area contributed by atoms with Crippen LogP contribution in [0.25, 0.3) is 22.0 Å². The van der Waals surface area contributed by atoms with Gasteiger partial charge in [-0.15, -0.1) is 5.11 Å². The fraction of sp³-hybridized carbons (Fsp3) is 0.353. The number of nitrogens with two attached hydrogens (primary N) is 2. The van der Waals surface area contributed by atoms with Crippen LogP contribution in [0.5, 0.6) is 0 Å². The lowest BCUT2D eigenvalue weighted by Crippen LogP contribution is -2.31. The number of benzene rings is 3. The Morgan fingerprint density at radius 2 is 1.68 bits per heavy atom. The maximum Gasteiger partial charge on any atom is 0.228 e. The molecule has 1 aliphatic heterocycles. The van der Waals surface area contributed by atoms with Gasteiger partial charge in [0, 0.05) is 29.5 Å². The SMILES string of the molecule is C.NCC1CCC(C(=O)C[C@@H](Cc2ccc(-c3cccc4[nH]nc(N)c34)cc2)C(=O)Nc2ccc(C3=NCN=N3)cc2)CC1.